The molecule has 1 amide bonds. The summed E-state index contributed by atoms with van der Waals surface area (Å²) >= 11 is 0. The van der Waals surface area contributed by atoms with Gasteiger partial charge in [0.05, 0.1) is 17.6 Å². The number of carbonyl (C=O) groups is 1. The SMILES string of the molecule is CC(C)(C)C(=O)NCCCc1nc2ccccc2n1CCCOc1cccc2ccccc12. The van der Waals surface area contributed by atoms with Gasteiger partial charge in [0.1, 0.15) is 11.6 Å². The molecule has 1 N–H and O–H groups in total. The van der Waals surface area contributed by atoms with E-state index in [9.17, 15) is 4.79 Å². The lowest BCUT2D eigenvalue weighted by molar-refractivity contribution is -0.128. The predicted octanol–water partition coefficient (Wildman–Crippen LogP) is 5.75. The summed E-state index contributed by atoms with van der Waals surface area (Å²) in [4.78, 5) is 17.0. The Balaban J connectivity index is 1.38. The number of aromatic nitrogens is 2. The van der Waals surface area contributed by atoms with Crippen molar-refractivity contribution in [2.75, 3.05) is 13.2 Å². The molecule has 0 aliphatic rings. The minimum absolute atomic E-state index is 0.0848. The average molecular weight is 444 g/mol. The molecule has 0 atom stereocenters. The third kappa shape index (κ3) is 5.54. The van der Waals surface area contributed by atoms with Crippen molar-refractivity contribution in [3.8, 4) is 5.75 Å². The maximum absolute atomic E-state index is 12.1. The molecule has 33 heavy (non-hydrogen) atoms. The first-order chi connectivity index (χ1) is 15.9. The van der Waals surface area contributed by atoms with E-state index < -0.39 is 0 Å². The molecule has 3 aromatic carbocycles. The van der Waals surface area contributed by atoms with E-state index >= 15 is 0 Å². The quantitative estimate of drug-likeness (QED) is 0.335. The van der Waals surface area contributed by atoms with Gasteiger partial charge in [0, 0.05) is 30.3 Å². The Labute approximate surface area is 195 Å². The van der Waals surface area contributed by atoms with E-state index in [4.69, 9.17) is 9.72 Å². The van der Waals surface area contributed by atoms with Crippen LogP contribution in [0.1, 0.15) is 39.4 Å². The van der Waals surface area contributed by atoms with Crippen molar-refractivity contribution in [2.45, 2.75) is 46.6 Å². The molecule has 0 aliphatic heterocycles. The second-order valence-corrected chi connectivity index (χ2v) is 9.46. The van der Waals surface area contributed by atoms with Gasteiger partial charge in [-0.2, -0.15) is 0 Å². The van der Waals surface area contributed by atoms with Gasteiger partial charge < -0.3 is 14.6 Å². The Bertz CT molecular complexity index is 1230. The van der Waals surface area contributed by atoms with Crippen molar-refractivity contribution in [1.82, 2.24) is 14.9 Å². The van der Waals surface area contributed by atoms with Crippen molar-refractivity contribution < 1.29 is 9.53 Å². The fraction of sp³-hybridized carbons (Fsp3) is 0.357. The molecule has 0 aliphatic carbocycles. The molecule has 172 valence electrons. The summed E-state index contributed by atoms with van der Waals surface area (Å²) in [5.74, 6) is 2.08. The van der Waals surface area contributed by atoms with Crippen molar-refractivity contribution in [2.24, 2.45) is 5.41 Å². The second kappa shape index (κ2) is 10.1. The fourth-order valence-corrected chi connectivity index (χ4v) is 4.01. The van der Waals surface area contributed by atoms with E-state index in [1.54, 1.807) is 0 Å². The van der Waals surface area contributed by atoms with Gasteiger partial charge >= 0.3 is 0 Å². The van der Waals surface area contributed by atoms with Crippen LogP contribution in [0.15, 0.2) is 66.7 Å². The number of aryl methyl sites for hydroxylation is 2. The van der Waals surface area contributed by atoms with Crippen LogP contribution >= 0.6 is 0 Å². The van der Waals surface area contributed by atoms with E-state index in [1.807, 2.05) is 51.1 Å². The molecule has 5 heteroatoms. The highest BCUT2D eigenvalue weighted by molar-refractivity contribution is 5.88. The van der Waals surface area contributed by atoms with Crippen molar-refractivity contribution in [3.63, 3.8) is 0 Å². The third-order valence-electron chi connectivity index (χ3n) is 5.81. The van der Waals surface area contributed by atoms with Crippen LogP contribution in [0.5, 0.6) is 5.75 Å². The van der Waals surface area contributed by atoms with Crippen molar-refractivity contribution >= 4 is 27.7 Å². The van der Waals surface area contributed by atoms with Gasteiger partial charge in [-0.3, -0.25) is 4.79 Å². The highest BCUT2D eigenvalue weighted by Gasteiger charge is 2.20. The largest absolute Gasteiger partial charge is 0.493 e. The molecule has 0 fully saturated rings. The number of hydrogen-bond donors (Lipinski definition) is 1. The van der Waals surface area contributed by atoms with Gasteiger partial charge in [-0.15, -0.1) is 0 Å². The maximum Gasteiger partial charge on any atom is 0.225 e. The van der Waals surface area contributed by atoms with Gasteiger partial charge in [0.25, 0.3) is 0 Å². The predicted molar refractivity (Wildman–Crippen MR) is 135 cm³/mol. The highest BCUT2D eigenvalue weighted by atomic mass is 16.5. The van der Waals surface area contributed by atoms with Gasteiger partial charge in [-0.05, 0) is 36.4 Å². The number of rotatable bonds is 9. The number of fused-ring (bicyclic) bond motifs is 2. The second-order valence-electron chi connectivity index (χ2n) is 9.46. The highest BCUT2D eigenvalue weighted by Crippen LogP contribution is 2.25. The zero-order chi connectivity index (χ0) is 23.3. The minimum atomic E-state index is -0.364. The lowest BCUT2D eigenvalue weighted by Gasteiger charge is -2.17. The van der Waals surface area contributed by atoms with Crippen LogP contribution in [0.25, 0.3) is 21.8 Å². The number of hydrogen-bond acceptors (Lipinski definition) is 3. The number of ether oxygens (including phenoxy) is 1. The summed E-state index contributed by atoms with van der Waals surface area (Å²) in [6.45, 7) is 7.94. The summed E-state index contributed by atoms with van der Waals surface area (Å²) in [6, 6.07) is 22.7. The molecule has 0 saturated heterocycles. The summed E-state index contributed by atoms with van der Waals surface area (Å²) in [5.41, 5.74) is 1.80. The lowest BCUT2D eigenvalue weighted by Crippen LogP contribution is -2.35. The molecular formula is C28H33N3O2. The van der Waals surface area contributed by atoms with Crippen LogP contribution in [-0.4, -0.2) is 28.6 Å². The Morgan fingerprint density at radius 3 is 2.58 bits per heavy atom. The zero-order valence-corrected chi connectivity index (χ0v) is 19.8. The molecule has 0 unspecified atom stereocenters. The Morgan fingerprint density at radius 1 is 0.970 bits per heavy atom. The first-order valence-electron chi connectivity index (χ1n) is 11.8. The van der Waals surface area contributed by atoms with E-state index in [0.29, 0.717) is 13.2 Å². The van der Waals surface area contributed by atoms with Gasteiger partial charge in [-0.1, -0.05) is 69.3 Å². The molecule has 5 nitrogen and oxygen atoms in total. The van der Waals surface area contributed by atoms with E-state index in [-0.39, 0.29) is 11.3 Å². The molecule has 1 heterocycles. The number of carbonyl (C=O) groups excluding carboxylic acids is 1. The topological polar surface area (TPSA) is 56.2 Å². The molecule has 0 saturated carbocycles. The summed E-state index contributed by atoms with van der Waals surface area (Å²) < 4.78 is 8.44. The fourth-order valence-electron chi connectivity index (χ4n) is 4.01. The Kier molecular flexibility index (Phi) is 6.97. The van der Waals surface area contributed by atoms with Crippen LogP contribution in [0.2, 0.25) is 0 Å². The zero-order valence-electron chi connectivity index (χ0n) is 19.8. The van der Waals surface area contributed by atoms with E-state index in [0.717, 1.165) is 53.8 Å². The van der Waals surface area contributed by atoms with Crippen LogP contribution < -0.4 is 10.1 Å². The number of benzene rings is 3. The Hall–Kier alpha value is -3.34. The number of imidazole rings is 1. The normalized spacial score (nSPS) is 11.7. The van der Waals surface area contributed by atoms with Crippen molar-refractivity contribution in [3.05, 3.63) is 72.6 Å². The molecule has 1 aromatic heterocycles. The average Bonchev–Trinajstić information content (AvgIpc) is 3.16. The van der Waals surface area contributed by atoms with Crippen molar-refractivity contribution in [1.29, 1.82) is 0 Å². The first kappa shape index (κ1) is 22.8. The monoisotopic (exact) mass is 443 g/mol. The molecule has 0 spiro atoms. The number of amides is 1. The summed E-state index contributed by atoms with van der Waals surface area (Å²) in [6.07, 6.45) is 2.57. The van der Waals surface area contributed by atoms with E-state index in [2.05, 4.69) is 46.3 Å². The van der Waals surface area contributed by atoms with Gasteiger partial charge in [-0.25, -0.2) is 4.98 Å². The third-order valence-corrected chi connectivity index (χ3v) is 5.81. The van der Waals surface area contributed by atoms with Crippen LogP contribution in [0.4, 0.5) is 0 Å². The molecule has 0 radical (unpaired) electrons. The van der Waals surface area contributed by atoms with E-state index in [1.165, 1.54) is 5.39 Å². The molecule has 0 bridgehead atoms. The summed E-state index contributed by atoms with van der Waals surface area (Å²) in [5, 5.41) is 5.37. The summed E-state index contributed by atoms with van der Waals surface area (Å²) in [7, 11) is 0. The molecule has 4 rings (SSSR count). The Morgan fingerprint density at radius 2 is 1.73 bits per heavy atom. The van der Waals surface area contributed by atoms with Crippen LogP contribution in [0, 0.1) is 5.41 Å². The molecule has 4 aromatic rings. The maximum atomic E-state index is 12.1. The van der Waals surface area contributed by atoms with Crippen LogP contribution in [0.3, 0.4) is 0 Å². The number of nitrogens with zero attached hydrogens (tertiary/aromatic N) is 2. The number of nitrogens with one attached hydrogen (secondary N) is 1. The lowest BCUT2D eigenvalue weighted by atomic mass is 9.96. The minimum Gasteiger partial charge on any atom is -0.493 e. The standard InChI is InChI=1S/C28H33N3O2/c1-28(2,3)27(32)29-18-9-17-26-30-23-14-6-7-15-24(23)31(26)19-10-20-33-25-16-8-12-21-11-4-5-13-22(21)25/h4-8,11-16H,9-10,17-20H2,1-3H3,(H,29,32). The number of para-hydroxylation sites is 2. The van der Waals surface area contributed by atoms with Gasteiger partial charge in [0.15, 0.2) is 0 Å². The smallest absolute Gasteiger partial charge is 0.225 e. The molecular weight excluding hydrogens is 410 g/mol. The first-order valence-corrected chi connectivity index (χ1v) is 11.8. The van der Waals surface area contributed by atoms with Crippen LogP contribution in [-0.2, 0) is 17.8 Å². The van der Waals surface area contributed by atoms with Gasteiger partial charge in [0.2, 0.25) is 5.91 Å².